The second-order valence-corrected chi connectivity index (χ2v) is 6.42. The average Bonchev–Trinajstić information content (AvgIpc) is 2.61. The second-order valence-electron chi connectivity index (χ2n) is 5.13. The first kappa shape index (κ1) is 13.5. The van der Waals surface area contributed by atoms with Crippen LogP contribution >= 0.6 is 11.3 Å². The van der Waals surface area contributed by atoms with E-state index >= 15 is 0 Å². The van der Waals surface area contributed by atoms with Crippen LogP contribution in [0.3, 0.4) is 0 Å². The lowest BCUT2D eigenvalue weighted by Gasteiger charge is -2.29. The molecule has 0 spiro atoms. The molecule has 5 heteroatoms. The Morgan fingerprint density at radius 2 is 2.17 bits per heavy atom. The molecule has 1 aliphatic heterocycles. The Balaban J connectivity index is 2.01. The predicted molar refractivity (Wildman–Crippen MR) is 71.9 cm³/mol. The maximum atomic E-state index is 10.8. The summed E-state index contributed by atoms with van der Waals surface area (Å²) >= 11 is 1.63. The summed E-state index contributed by atoms with van der Waals surface area (Å²) in [6, 6.07) is 0. The molecule has 1 aromatic heterocycles. The minimum Gasteiger partial charge on any atom is -0.481 e. The van der Waals surface area contributed by atoms with Crippen LogP contribution in [-0.4, -0.2) is 34.0 Å². The van der Waals surface area contributed by atoms with Gasteiger partial charge in [0.05, 0.1) is 17.1 Å². The molecule has 0 unspecified atom stereocenters. The minimum absolute atomic E-state index is 0.0456. The van der Waals surface area contributed by atoms with E-state index in [0.29, 0.717) is 0 Å². The van der Waals surface area contributed by atoms with Crippen LogP contribution in [0.15, 0.2) is 0 Å². The number of likely N-dealkylation sites (tertiary alicyclic amines) is 1. The van der Waals surface area contributed by atoms with Crippen LogP contribution in [0.25, 0.3) is 0 Å². The minimum atomic E-state index is -0.797. The topological polar surface area (TPSA) is 53.4 Å². The molecular formula is C13H20N2O2S. The molecule has 0 saturated carbocycles. The number of carboxylic acids is 1. The number of aromatic nitrogens is 1. The van der Waals surface area contributed by atoms with E-state index in [1.165, 1.54) is 12.8 Å². The van der Waals surface area contributed by atoms with Crippen molar-refractivity contribution in [3.05, 3.63) is 15.6 Å². The molecule has 0 radical (unpaired) electrons. The fourth-order valence-corrected chi connectivity index (χ4v) is 3.34. The van der Waals surface area contributed by atoms with Gasteiger partial charge in [-0.25, -0.2) is 4.98 Å². The van der Waals surface area contributed by atoms with Crippen LogP contribution in [0.2, 0.25) is 0 Å². The molecule has 0 atom stereocenters. The van der Waals surface area contributed by atoms with E-state index in [-0.39, 0.29) is 6.42 Å². The van der Waals surface area contributed by atoms with Crippen molar-refractivity contribution in [1.82, 2.24) is 9.88 Å². The number of carboxylic acid groups (broad SMARTS) is 1. The lowest BCUT2D eigenvalue weighted by atomic mass is 9.99. The summed E-state index contributed by atoms with van der Waals surface area (Å²) in [7, 11) is 0. The lowest BCUT2D eigenvalue weighted by molar-refractivity contribution is -0.136. The van der Waals surface area contributed by atoms with Gasteiger partial charge in [-0.1, -0.05) is 6.92 Å². The van der Waals surface area contributed by atoms with Gasteiger partial charge >= 0.3 is 5.97 Å². The summed E-state index contributed by atoms with van der Waals surface area (Å²) in [6.07, 6.45) is 2.53. The SMILES string of the molecule is Cc1nc(CC(=O)O)c(CN2CCC(C)CC2)s1. The summed E-state index contributed by atoms with van der Waals surface area (Å²) in [5, 5.41) is 9.86. The first-order valence-corrected chi connectivity index (χ1v) is 7.25. The Bertz CT molecular complexity index is 423. The van der Waals surface area contributed by atoms with E-state index in [2.05, 4.69) is 16.8 Å². The van der Waals surface area contributed by atoms with Gasteiger partial charge < -0.3 is 5.11 Å². The van der Waals surface area contributed by atoms with Gasteiger partial charge in [-0.2, -0.15) is 0 Å². The molecule has 18 heavy (non-hydrogen) atoms. The Kier molecular flexibility index (Phi) is 4.35. The van der Waals surface area contributed by atoms with Gasteiger partial charge in [0.1, 0.15) is 0 Å². The van der Waals surface area contributed by atoms with Crippen LogP contribution < -0.4 is 0 Å². The van der Waals surface area contributed by atoms with Crippen molar-refractivity contribution in [2.75, 3.05) is 13.1 Å². The highest BCUT2D eigenvalue weighted by molar-refractivity contribution is 7.11. The maximum Gasteiger partial charge on any atom is 0.309 e. The molecule has 1 N–H and O–H groups in total. The second kappa shape index (κ2) is 5.80. The van der Waals surface area contributed by atoms with E-state index in [1.807, 2.05) is 6.92 Å². The van der Waals surface area contributed by atoms with Crippen molar-refractivity contribution >= 4 is 17.3 Å². The van der Waals surface area contributed by atoms with Crippen molar-refractivity contribution in [2.24, 2.45) is 5.92 Å². The highest BCUT2D eigenvalue weighted by Crippen LogP contribution is 2.23. The fraction of sp³-hybridized carbons (Fsp3) is 0.692. The Labute approximate surface area is 112 Å². The van der Waals surface area contributed by atoms with Gasteiger partial charge in [-0.3, -0.25) is 9.69 Å². The van der Waals surface area contributed by atoms with E-state index < -0.39 is 5.97 Å². The number of nitrogens with zero attached hydrogens (tertiary/aromatic N) is 2. The number of rotatable bonds is 4. The van der Waals surface area contributed by atoms with Crippen molar-refractivity contribution < 1.29 is 9.90 Å². The standard InChI is InChI=1S/C13H20N2O2S/c1-9-3-5-15(6-4-9)8-12-11(7-13(16)17)14-10(2)18-12/h9H,3-8H2,1-2H3,(H,16,17). The summed E-state index contributed by atoms with van der Waals surface area (Å²) in [4.78, 5) is 18.7. The molecule has 1 saturated heterocycles. The maximum absolute atomic E-state index is 10.8. The van der Waals surface area contributed by atoms with Crippen molar-refractivity contribution in [3.63, 3.8) is 0 Å². The number of piperidine rings is 1. The predicted octanol–water partition coefficient (Wildman–Crippen LogP) is 2.31. The number of hydrogen-bond acceptors (Lipinski definition) is 4. The van der Waals surface area contributed by atoms with Crippen molar-refractivity contribution in [2.45, 2.75) is 39.7 Å². The zero-order chi connectivity index (χ0) is 13.1. The third-order valence-electron chi connectivity index (χ3n) is 3.45. The molecule has 1 fully saturated rings. The van der Waals surface area contributed by atoms with Crippen molar-refractivity contribution in [3.8, 4) is 0 Å². The molecule has 0 aromatic carbocycles. The van der Waals surface area contributed by atoms with Gasteiger partial charge in [-0.15, -0.1) is 11.3 Å². The van der Waals surface area contributed by atoms with Crippen LogP contribution in [0.4, 0.5) is 0 Å². The number of aryl methyl sites for hydroxylation is 1. The third kappa shape index (κ3) is 3.53. The summed E-state index contributed by atoms with van der Waals surface area (Å²) in [5.74, 6) is 0.0248. The largest absolute Gasteiger partial charge is 0.481 e. The van der Waals surface area contributed by atoms with Crippen LogP contribution in [0.5, 0.6) is 0 Å². The zero-order valence-electron chi connectivity index (χ0n) is 11.0. The van der Waals surface area contributed by atoms with Crippen LogP contribution in [-0.2, 0) is 17.8 Å². The van der Waals surface area contributed by atoms with E-state index in [0.717, 1.165) is 41.1 Å². The van der Waals surface area contributed by atoms with Gasteiger partial charge in [0.2, 0.25) is 0 Å². The first-order chi connectivity index (χ1) is 8.54. The molecule has 2 heterocycles. The zero-order valence-corrected chi connectivity index (χ0v) is 11.8. The number of carbonyl (C=O) groups is 1. The quantitative estimate of drug-likeness (QED) is 0.910. The molecule has 4 nitrogen and oxygen atoms in total. The Morgan fingerprint density at radius 1 is 1.50 bits per heavy atom. The number of hydrogen-bond donors (Lipinski definition) is 1. The molecule has 0 aliphatic carbocycles. The first-order valence-electron chi connectivity index (χ1n) is 6.44. The van der Waals surface area contributed by atoms with E-state index in [4.69, 9.17) is 5.11 Å². The summed E-state index contributed by atoms with van der Waals surface area (Å²) < 4.78 is 0. The van der Waals surface area contributed by atoms with E-state index in [9.17, 15) is 4.79 Å². The normalized spacial score (nSPS) is 18.1. The molecule has 100 valence electrons. The highest BCUT2D eigenvalue weighted by Gasteiger charge is 2.19. The summed E-state index contributed by atoms with van der Waals surface area (Å²) in [5.41, 5.74) is 0.753. The molecular weight excluding hydrogens is 248 g/mol. The molecule has 1 aromatic rings. The van der Waals surface area contributed by atoms with Gasteiger partial charge in [0, 0.05) is 11.4 Å². The molecule has 0 amide bonds. The third-order valence-corrected chi connectivity index (χ3v) is 4.45. The fourth-order valence-electron chi connectivity index (χ4n) is 2.34. The van der Waals surface area contributed by atoms with E-state index in [1.54, 1.807) is 11.3 Å². The van der Waals surface area contributed by atoms with Crippen LogP contribution in [0.1, 0.15) is 35.3 Å². The molecule has 2 rings (SSSR count). The highest BCUT2D eigenvalue weighted by atomic mass is 32.1. The average molecular weight is 268 g/mol. The number of aliphatic carboxylic acids is 1. The summed E-state index contributed by atoms with van der Waals surface area (Å²) in [6.45, 7) is 7.33. The lowest BCUT2D eigenvalue weighted by Crippen LogP contribution is -2.32. The molecule has 1 aliphatic rings. The Hall–Kier alpha value is -0.940. The van der Waals surface area contributed by atoms with Gasteiger partial charge in [0.25, 0.3) is 0 Å². The monoisotopic (exact) mass is 268 g/mol. The number of thiazole rings is 1. The molecule has 0 bridgehead atoms. The van der Waals surface area contributed by atoms with Gasteiger partial charge in [-0.05, 0) is 38.8 Å². The van der Waals surface area contributed by atoms with Crippen LogP contribution in [0, 0.1) is 12.8 Å². The smallest absolute Gasteiger partial charge is 0.309 e. The Morgan fingerprint density at radius 3 is 2.78 bits per heavy atom. The van der Waals surface area contributed by atoms with Crippen molar-refractivity contribution in [1.29, 1.82) is 0 Å². The van der Waals surface area contributed by atoms with Gasteiger partial charge in [0.15, 0.2) is 0 Å².